The number of likely N-dealkylation sites (tertiary alicyclic amines) is 2. The first kappa shape index (κ1) is 118. The van der Waals surface area contributed by atoms with E-state index in [0.29, 0.717) is 103 Å². The van der Waals surface area contributed by atoms with Crippen molar-refractivity contribution in [3.63, 3.8) is 0 Å². The molecule has 6 aromatic heterocycles. The Hall–Kier alpha value is -8.61. The van der Waals surface area contributed by atoms with Gasteiger partial charge in [-0.05, 0) is 268 Å². The number of nitrogens with two attached hydrogens (primary N) is 1. The summed E-state index contributed by atoms with van der Waals surface area (Å²) >= 11 is 24.5. The fourth-order valence-electron chi connectivity index (χ4n) is 17.6. The van der Waals surface area contributed by atoms with Crippen molar-refractivity contribution in [2.24, 2.45) is 5.73 Å². The van der Waals surface area contributed by atoms with Gasteiger partial charge in [-0.25, -0.2) is 24.0 Å². The summed E-state index contributed by atoms with van der Waals surface area (Å²) in [5, 5.41) is 96.7. The summed E-state index contributed by atoms with van der Waals surface area (Å²) in [6.45, 7) is 19.9. The summed E-state index contributed by atoms with van der Waals surface area (Å²) < 4.78 is 34.7. The van der Waals surface area contributed by atoms with Crippen molar-refractivity contribution in [3.8, 4) is 67.1 Å². The lowest BCUT2D eigenvalue weighted by molar-refractivity contribution is 0.0520. The molecule has 0 bridgehead atoms. The number of amides is 3. The molecule has 0 aliphatic carbocycles. The highest BCUT2D eigenvalue weighted by atomic mass is 79.9. The Morgan fingerprint density at radius 3 is 1.01 bits per heavy atom. The number of piperidine rings is 2. The number of esters is 2. The third kappa shape index (κ3) is 27.8. The van der Waals surface area contributed by atoms with Crippen molar-refractivity contribution >= 4 is 263 Å². The maximum absolute atomic E-state index is 13.7. The van der Waals surface area contributed by atoms with Gasteiger partial charge in [0.25, 0.3) is 11.8 Å². The van der Waals surface area contributed by atoms with E-state index in [1.54, 1.807) is 96.6 Å². The van der Waals surface area contributed by atoms with Gasteiger partial charge in [0.05, 0.1) is 62.4 Å². The van der Waals surface area contributed by atoms with E-state index >= 15 is 0 Å². The van der Waals surface area contributed by atoms with E-state index in [4.69, 9.17) is 44.9 Å². The van der Waals surface area contributed by atoms with Crippen LogP contribution in [0.25, 0.3) is 55.6 Å². The predicted octanol–water partition coefficient (Wildman–Crippen LogP) is 19.5. The molecular weight excluding hydrogens is 2250 g/mol. The quantitative estimate of drug-likeness (QED) is 0.0116. The molecule has 10 heterocycles. The lowest BCUT2D eigenvalue weighted by Gasteiger charge is -2.38. The minimum atomic E-state index is -1.55. The number of rotatable bonds is 24. The van der Waals surface area contributed by atoms with E-state index < -0.39 is 58.1 Å². The molecule has 4 aliphatic rings. The monoisotopic (exact) mass is 2350 g/mol. The van der Waals surface area contributed by atoms with Crippen LogP contribution in [0.2, 0.25) is 0 Å². The number of nitrogens with one attached hydrogen (secondary N) is 1. The van der Waals surface area contributed by atoms with Gasteiger partial charge in [-0.15, -0.1) is 139 Å². The van der Waals surface area contributed by atoms with Crippen LogP contribution in [0.5, 0.6) is 11.5 Å². The highest BCUT2D eigenvalue weighted by Gasteiger charge is 2.47. The first-order chi connectivity index (χ1) is 70.4. The molecule has 0 atom stereocenters. The Kier molecular flexibility index (Phi) is 42.1. The zero-order valence-electron chi connectivity index (χ0n) is 83.9. The summed E-state index contributed by atoms with van der Waals surface area (Å²) in [4.78, 5) is 91.2. The molecule has 0 radical (unpaired) electrons. The number of fused-ring (bicyclic) bond motifs is 4. The number of nitrogens with zero attached hydrogens (tertiary/aromatic N) is 2. The van der Waals surface area contributed by atoms with Crippen molar-refractivity contribution in [2.45, 2.75) is 136 Å². The molecule has 2 saturated heterocycles. The van der Waals surface area contributed by atoms with Gasteiger partial charge < -0.3 is 94.9 Å². The van der Waals surface area contributed by atoms with Gasteiger partial charge in [0.15, 0.2) is 0 Å². The van der Waals surface area contributed by atoms with Crippen LogP contribution in [0.4, 0.5) is 4.79 Å². The van der Waals surface area contributed by atoms with Gasteiger partial charge in [0.2, 0.25) is 0 Å². The number of carbonyl (C=O) groups is 7. The van der Waals surface area contributed by atoms with E-state index in [1.807, 2.05) is 186 Å². The molecule has 148 heavy (non-hydrogen) atoms. The Morgan fingerprint density at radius 1 is 0.399 bits per heavy atom. The molecule has 0 saturated carbocycles. The number of thioether (sulfide) groups is 6. The number of hydrogen-bond acceptors (Lipinski definition) is 33. The summed E-state index contributed by atoms with van der Waals surface area (Å²) in [6, 6.07) is 51.2. The zero-order chi connectivity index (χ0) is 108. The molecule has 44 heteroatoms. The zero-order valence-corrected chi connectivity index (χ0v) is 96.9. The van der Waals surface area contributed by atoms with E-state index in [-0.39, 0.29) is 33.5 Å². The van der Waals surface area contributed by atoms with Gasteiger partial charge in [0, 0.05) is 103 Å². The lowest BCUT2D eigenvalue weighted by Crippen LogP contribution is -2.45. The summed E-state index contributed by atoms with van der Waals surface area (Å²) in [7, 11) is -3.47. The molecule has 26 nitrogen and oxygen atoms in total. The minimum absolute atomic E-state index is 0.0156. The third-order valence-electron chi connectivity index (χ3n) is 25.5. The number of methoxy groups -OCH3 is 2. The van der Waals surface area contributed by atoms with Crippen molar-refractivity contribution in [1.82, 2.24) is 15.1 Å². The second-order valence-electron chi connectivity index (χ2n) is 35.6. The average molecular weight is 2360 g/mol. The molecule has 3 amide bonds. The van der Waals surface area contributed by atoms with Crippen molar-refractivity contribution in [3.05, 3.63) is 252 Å². The number of thiophene rings is 6. The number of halogens is 2. The number of carbonyl (C=O) groups excluding carboxylic acids is 5. The molecule has 7 aromatic carbocycles. The minimum Gasteiger partial charge on any atom is -0.492 e. The number of hydrogen-bond donors (Lipinski definition) is 12. The fourth-order valence-corrected chi connectivity index (χ4v) is 29.1. The van der Waals surface area contributed by atoms with E-state index in [0.717, 1.165) is 162 Å². The molecule has 778 valence electrons. The van der Waals surface area contributed by atoms with Gasteiger partial charge in [-0.3, -0.25) is 9.59 Å². The standard InChI is InChI=1S/C31H37BN2O6S2.C26H29BN2O4S2.C14H13BrO2S2.C13H13BO4S2.C13H11BrO2S2.C7H9BO4S2/c1-19-21(7-6-8-24(19)32(37)38)22-16-26(42-28(22)41-5)27(35)34-13-11-31(12-14-34)18-39-25-10-9-20(15-23(25)31)17-33-29(36)40-30(2,3)4;1-16-18(4-3-5-21(16)27(31)32)19-13-23(35-25(19)34-2)24(30)29-10-8-26(9-11-29)15-33-22-7-6-17(14-28)12-20(22)26;1-8-9(5-4-6-11(8)15)10-7-12(13(16)17-2)19-14(10)18-3;1-7-8(4-3-5-10(7)14(17)18)9-6-11(12(15)16)20-13(9)19-2;1-7-8(4-3-5-10(7)14)9-6-11(12(15)16)18-13(9)17-2;1-12-6(9)5-3-4(8(10)11)7(13-2)14-5/h6-10,15-16,37-38H,11-14,17-18H2,1-5H3,(H,33,36);3-7,12-13,31-32H,8-11,14-15,28H2,1-2H3;4-7H,1-3H3;3-6,17-18H,1-2H3,(H,15,16);3-6H,1-2H3,(H,15,16);3,10-11H,1-2H3. The molecule has 0 unspecified atom stereocenters. The molecule has 2 fully saturated rings. The van der Waals surface area contributed by atoms with E-state index in [1.165, 1.54) is 123 Å². The smallest absolute Gasteiger partial charge is 0.490 e. The Labute approximate surface area is 928 Å². The lowest BCUT2D eigenvalue weighted by atomic mass is 9.74. The summed E-state index contributed by atoms with van der Waals surface area (Å²) in [5.41, 5.74) is 25.6. The maximum atomic E-state index is 13.7. The van der Waals surface area contributed by atoms with Crippen LogP contribution >= 0.6 is 170 Å². The Balaban J connectivity index is 0.000000165. The van der Waals surface area contributed by atoms with Crippen LogP contribution in [0.3, 0.4) is 0 Å². The fraction of sp³-hybridized carbons (Fsp3) is 0.298. The Morgan fingerprint density at radius 2 is 0.696 bits per heavy atom. The van der Waals surface area contributed by atoms with Crippen LogP contribution in [-0.4, -0.2) is 227 Å². The highest BCUT2D eigenvalue weighted by Crippen LogP contribution is 2.51. The molecule has 17 rings (SSSR count). The van der Waals surface area contributed by atoms with E-state index in [9.17, 15) is 63.7 Å². The molecule has 4 aliphatic heterocycles. The SMILES string of the molecule is COC(=O)c1cc(-c2cccc(Br)c2C)c(SC)s1.COC(=O)c1cc(B(O)O)c(SC)s1.CSc1sc(C(=O)N2CCC3(CC2)COc2ccc(CN)cc23)cc1-c1cccc(B(O)O)c1C.CSc1sc(C(=O)N2CCC3(CC2)COc2ccc(CNC(=O)OC(C)(C)C)cc23)cc1-c1cccc(B(O)O)c1C.CSc1sc(C(=O)O)cc1-c1cccc(B(O)O)c1C.CSc1sc(C(=O)O)cc1-c1cccc(Br)c1C. The first-order valence-corrected chi connectivity index (χ1v) is 60.0. The number of ether oxygens (including phenoxy) is 5. The number of benzene rings is 7. The van der Waals surface area contributed by atoms with E-state index in [2.05, 4.69) is 67.0 Å². The third-order valence-corrected chi connectivity index (χ3v) is 40.8. The van der Waals surface area contributed by atoms with Crippen LogP contribution in [-0.2, 0) is 38.1 Å². The second kappa shape index (κ2) is 52.8. The summed E-state index contributed by atoms with van der Waals surface area (Å²) in [5.74, 6) is -0.675. The number of carboxylic acids is 2. The summed E-state index contributed by atoms with van der Waals surface area (Å²) in [6.07, 6.45) is 14.5. The predicted molar refractivity (Wildman–Crippen MR) is 617 cm³/mol. The van der Waals surface area contributed by atoms with Gasteiger partial charge in [0.1, 0.15) is 36.6 Å². The maximum Gasteiger partial charge on any atom is 0.490 e. The normalized spacial score (nSPS) is 13.3. The first-order valence-electron chi connectivity index (χ1n) is 46.2. The number of aromatic carboxylic acids is 2. The average Bonchev–Trinajstić information content (AvgIpc) is 1.60. The van der Waals surface area contributed by atoms with Crippen molar-refractivity contribution < 1.29 is 108 Å². The number of alkyl carbamates (subject to hydrolysis) is 1. The van der Waals surface area contributed by atoms with Crippen molar-refractivity contribution in [2.75, 3.05) is 91.1 Å². The topological polar surface area (TPSA) is 412 Å². The molecular formula is C104H112B4Br2N4O22S12. The molecule has 13 N–H and O–H groups in total. The van der Waals surface area contributed by atoms with Crippen molar-refractivity contribution in [1.29, 1.82) is 0 Å². The van der Waals surface area contributed by atoms with Crippen LogP contribution in [0, 0.1) is 34.6 Å². The Bertz CT molecular complexity index is 7000. The van der Waals surface area contributed by atoms with Gasteiger partial charge in [-0.1, -0.05) is 129 Å². The largest absolute Gasteiger partial charge is 0.492 e. The molecule has 13 aromatic rings. The van der Waals surface area contributed by atoms with Gasteiger partial charge >= 0.3 is 58.4 Å². The van der Waals surface area contributed by atoms with Crippen LogP contribution in [0.15, 0.2) is 198 Å². The van der Waals surface area contributed by atoms with Gasteiger partial charge in [-0.2, -0.15) is 0 Å². The van der Waals surface area contributed by atoms with Crippen LogP contribution < -0.4 is 42.4 Å². The molecule has 2 spiro atoms. The van der Waals surface area contributed by atoms with Crippen LogP contribution in [0.1, 0.15) is 155 Å². The number of carboxylic acid groups (broad SMARTS) is 2. The highest BCUT2D eigenvalue weighted by molar-refractivity contribution is 9.10. The second-order valence-corrected chi connectivity index (χ2v) is 50.0.